The van der Waals surface area contributed by atoms with Crippen LogP contribution in [0.3, 0.4) is 0 Å². The van der Waals surface area contributed by atoms with Crippen LogP contribution in [0.1, 0.15) is 23.1 Å². The van der Waals surface area contributed by atoms with Gasteiger partial charge in [0.25, 0.3) is 5.91 Å². The molecule has 2 rings (SSSR count). The van der Waals surface area contributed by atoms with E-state index in [4.69, 9.17) is 0 Å². The molecule has 0 bridgehead atoms. The zero-order chi connectivity index (χ0) is 12.3. The first-order chi connectivity index (χ1) is 8.20. The second-order valence-electron chi connectivity index (χ2n) is 3.70. The van der Waals surface area contributed by atoms with Crippen LogP contribution in [0.4, 0.5) is 0 Å². The number of aromatic nitrogens is 4. The van der Waals surface area contributed by atoms with E-state index in [1.807, 2.05) is 26.2 Å². The lowest BCUT2D eigenvalue weighted by Crippen LogP contribution is -2.25. The van der Waals surface area contributed by atoms with Crippen LogP contribution >= 0.6 is 0 Å². The highest BCUT2D eigenvalue weighted by Gasteiger charge is 2.10. The lowest BCUT2D eigenvalue weighted by Gasteiger charge is -2.05. The zero-order valence-electron chi connectivity index (χ0n) is 9.92. The van der Waals surface area contributed by atoms with Crippen molar-refractivity contribution in [2.75, 3.05) is 0 Å². The third kappa shape index (κ3) is 2.52. The summed E-state index contributed by atoms with van der Waals surface area (Å²) in [7, 11) is 1.84. The molecule has 0 saturated carbocycles. The molecule has 1 N–H and O–H groups in total. The smallest absolute Gasteiger partial charge is 0.269 e. The van der Waals surface area contributed by atoms with Crippen LogP contribution < -0.4 is 5.32 Å². The Balaban J connectivity index is 1.98. The largest absolute Gasteiger partial charge is 0.345 e. The fourth-order valence-corrected chi connectivity index (χ4v) is 1.60. The standard InChI is InChI=1S/C11H15N5O/c1-3-16-10(4-6-13-16)11(17)12-8-9-5-7-15(2)14-9/h4-7H,3,8H2,1-2H3,(H,12,17). The molecule has 0 aliphatic rings. The van der Waals surface area contributed by atoms with Gasteiger partial charge < -0.3 is 5.32 Å². The van der Waals surface area contributed by atoms with Gasteiger partial charge in [0.15, 0.2) is 0 Å². The molecule has 6 nitrogen and oxygen atoms in total. The maximum Gasteiger partial charge on any atom is 0.269 e. The van der Waals surface area contributed by atoms with Crippen molar-refractivity contribution in [2.45, 2.75) is 20.0 Å². The van der Waals surface area contributed by atoms with Crippen molar-refractivity contribution in [2.24, 2.45) is 7.05 Å². The van der Waals surface area contributed by atoms with E-state index in [1.54, 1.807) is 21.6 Å². The summed E-state index contributed by atoms with van der Waals surface area (Å²) in [6.45, 7) is 3.05. The molecule has 0 atom stereocenters. The molecular formula is C11H15N5O. The number of nitrogens with one attached hydrogen (secondary N) is 1. The fourth-order valence-electron chi connectivity index (χ4n) is 1.60. The molecular weight excluding hydrogens is 218 g/mol. The Morgan fingerprint density at radius 3 is 2.94 bits per heavy atom. The summed E-state index contributed by atoms with van der Waals surface area (Å²) in [6, 6.07) is 3.58. The lowest BCUT2D eigenvalue weighted by molar-refractivity contribution is 0.0939. The Kier molecular flexibility index (Phi) is 3.22. The van der Waals surface area contributed by atoms with Gasteiger partial charge in [-0.1, -0.05) is 0 Å². The van der Waals surface area contributed by atoms with Gasteiger partial charge >= 0.3 is 0 Å². The molecule has 1 amide bonds. The van der Waals surface area contributed by atoms with E-state index >= 15 is 0 Å². The van der Waals surface area contributed by atoms with Crippen molar-refractivity contribution in [1.82, 2.24) is 24.9 Å². The maximum absolute atomic E-state index is 11.9. The number of carbonyl (C=O) groups is 1. The van der Waals surface area contributed by atoms with Crippen molar-refractivity contribution in [3.05, 3.63) is 35.9 Å². The summed E-state index contributed by atoms with van der Waals surface area (Å²) in [6.07, 6.45) is 3.47. The number of hydrogen-bond donors (Lipinski definition) is 1. The number of nitrogens with zero attached hydrogens (tertiary/aromatic N) is 4. The minimum absolute atomic E-state index is 0.130. The van der Waals surface area contributed by atoms with E-state index in [9.17, 15) is 4.79 Å². The lowest BCUT2D eigenvalue weighted by atomic mass is 10.3. The molecule has 2 aromatic heterocycles. The highest BCUT2D eigenvalue weighted by atomic mass is 16.2. The number of hydrogen-bond acceptors (Lipinski definition) is 3. The second-order valence-corrected chi connectivity index (χ2v) is 3.70. The normalized spacial score (nSPS) is 10.5. The molecule has 17 heavy (non-hydrogen) atoms. The van der Waals surface area contributed by atoms with Gasteiger partial charge in [-0.15, -0.1) is 0 Å². The molecule has 0 unspecified atom stereocenters. The van der Waals surface area contributed by atoms with E-state index in [0.717, 1.165) is 5.69 Å². The predicted molar refractivity (Wildman–Crippen MR) is 62.3 cm³/mol. The maximum atomic E-state index is 11.9. The molecule has 0 saturated heterocycles. The van der Waals surface area contributed by atoms with Crippen LogP contribution in [0.15, 0.2) is 24.5 Å². The van der Waals surface area contributed by atoms with Crippen LogP contribution in [-0.4, -0.2) is 25.5 Å². The quantitative estimate of drug-likeness (QED) is 0.839. The molecule has 0 spiro atoms. The SMILES string of the molecule is CCn1nccc1C(=O)NCc1ccn(C)n1. The summed E-state index contributed by atoms with van der Waals surface area (Å²) in [4.78, 5) is 11.9. The Hall–Kier alpha value is -2.11. The second kappa shape index (κ2) is 4.82. The van der Waals surface area contributed by atoms with Crippen molar-refractivity contribution in [3.63, 3.8) is 0 Å². The number of aryl methyl sites for hydroxylation is 2. The van der Waals surface area contributed by atoms with Crippen LogP contribution in [0.5, 0.6) is 0 Å². The van der Waals surface area contributed by atoms with E-state index in [-0.39, 0.29) is 5.91 Å². The third-order valence-corrected chi connectivity index (χ3v) is 2.45. The van der Waals surface area contributed by atoms with Gasteiger partial charge in [-0.05, 0) is 19.1 Å². The Bertz CT molecular complexity index is 513. The van der Waals surface area contributed by atoms with E-state index in [2.05, 4.69) is 15.5 Å². The van der Waals surface area contributed by atoms with Gasteiger partial charge in [0.2, 0.25) is 0 Å². The average molecular weight is 233 g/mol. The van der Waals surface area contributed by atoms with Gasteiger partial charge in [-0.2, -0.15) is 10.2 Å². The third-order valence-electron chi connectivity index (χ3n) is 2.45. The summed E-state index contributed by atoms with van der Waals surface area (Å²) in [5.41, 5.74) is 1.41. The summed E-state index contributed by atoms with van der Waals surface area (Å²) >= 11 is 0. The number of carbonyl (C=O) groups excluding carboxylic acids is 1. The Labute approximate surface area is 99.2 Å². The van der Waals surface area contributed by atoms with Crippen LogP contribution in [0.2, 0.25) is 0 Å². The molecule has 0 fully saturated rings. The number of amides is 1. The molecule has 2 aromatic rings. The highest BCUT2D eigenvalue weighted by molar-refractivity contribution is 5.92. The van der Waals surface area contributed by atoms with E-state index < -0.39 is 0 Å². The molecule has 6 heteroatoms. The zero-order valence-corrected chi connectivity index (χ0v) is 9.92. The first kappa shape index (κ1) is 11.4. The van der Waals surface area contributed by atoms with Gasteiger partial charge in [0.05, 0.1) is 12.2 Å². The predicted octanol–water partition coefficient (Wildman–Crippen LogP) is 0.566. The van der Waals surface area contributed by atoms with Crippen molar-refractivity contribution in [3.8, 4) is 0 Å². The van der Waals surface area contributed by atoms with Crippen molar-refractivity contribution >= 4 is 5.91 Å². The monoisotopic (exact) mass is 233 g/mol. The Morgan fingerprint density at radius 1 is 1.47 bits per heavy atom. The van der Waals surface area contributed by atoms with E-state index in [1.165, 1.54) is 0 Å². The molecule has 0 aliphatic carbocycles. The van der Waals surface area contributed by atoms with Crippen molar-refractivity contribution < 1.29 is 4.79 Å². The van der Waals surface area contributed by atoms with Gasteiger partial charge in [0, 0.05) is 26.0 Å². The summed E-state index contributed by atoms with van der Waals surface area (Å²) < 4.78 is 3.37. The molecule has 0 aliphatic heterocycles. The first-order valence-corrected chi connectivity index (χ1v) is 5.49. The van der Waals surface area contributed by atoms with Crippen molar-refractivity contribution in [1.29, 1.82) is 0 Å². The molecule has 0 aromatic carbocycles. The van der Waals surface area contributed by atoms with Crippen LogP contribution in [0.25, 0.3) is 0 Å². The number of rotatable bonds is 4. The first-order valence-electron chi connectivity index (χ1n) is 5.49. The summed E-state index contributed by atoms with van der Waals surface area (Å²) in [5.74, 6) is -0.130. The van der Waals surface area contributed by atoms with Crippen LogP contribution in [0, 0.1) is 0 Å². The fraction of sp³-hybridized carbons (Fsp3) is 0.364. The van der Waals surface area contributed by atoms with Gasteiger partial charge in [0.1, 0.15) is 5.69 Å². The molecule has 0 radical (unpaired) electrons. The molecule has 90 valence electrons. The average Bonchev–Trinajstić information content (AvgIpc) is 2.94. The highest BCUT2D eigenvalue weighted by Crippen LogP contribution is 2.00. The topological polar surface area (TPSA) is 64.7 Å². The van der Waals surface area contributed by atoms with Gasteiger partial charge in [-0.25, -0.2) is 0 Å². The van der Waals surface area contributed by atoms with E-state index in [0.29, 0.717) is 18.8 Å². The minimum atomic E-state index is -0.130. The van der Waals surface area contributed by atoms with Gasteiger partial charge in [-0.3, -0.25) is 14.2 Å². The molecule has 2 heterocycles. The Morgan fingerprint density at radius 2 is 2.29 bits per heavy atom. The summed E-state index contributed by atoms with van der Waals surface area (Å²) in [5, 5.41) is 11.1. The minimum Gasteiger partial charge on any atom is -0.345 e. The van der Waals surface area contributed by atoms with Crippen LogP contribution in [-0.2, 0) is 20.1 Å².